The van der Waals surface area contributed by atoms with Crippen LogP contribution < -0.4 is 10.1 Å². The second-order valence-corrected chi connectivity index (χ2v) is 6.61. The lowest BCUT2D eigenvalue weighted by Crippen LogP contribution is -2.53. The third-order valence-corrected chi connectivity index (χ3v) is 4.90. The van der Waals surface area contributed by atoms with Crippen molar-refractivity contribution < 1.29 is 9.53 Å². The van der Waals surface area contributed by atoms with E-state index in [-0.39, 0.29) is 5.91 Å². The average Bonchev–Trinajstić information content (AvgIpc) is 2.68. The number of carbonyl (C=O) groups is 1. The van der Waals surface area contributed by atoms with Crippen LogP contribution in [0.15, 0.2) is 66.8 Å². The molecule has 0 radical (unpaired) electrons. The molecular formula is C21H18N2O2S2. The first-order valence-electron chi connectivity index (χ1n) is 8.28. The first-order chi connectivity index (χ1) is 13.0. The van der Waals surface area contributed by atoms with Crippen LogP contribution in [0, 0.1) is 0 Å². The fourth-order valence-corrected chi connectivity index (χ4v) is 3.45. The highest BCUT2D eigenvalue weighted by atomic mass is 32.1. The van der Waals surface area contributed by atoms with Crippen molar-refractivity contribution in [1.82, 2.24) is 10.2 Å². The number of nitrogens with one attached hydrogen (secondary N) is 1. The Hall–Kier alpha value is -2.83. The molecular weight excluding hydrogens is 376 g/mol. The molecule has 4 nitrogen and oxygen atoms in total. The van der Waals surface area contributed by atoms with Gasteiger partial charge < -0.3 is 9.64 Å². The van der Waals surface area contributed by atoms with E-state index in [1.807, 2.05) is 48.5 Å². The van der Waals surface area contributed by atoms with Gasteiger partial charge in [-0.1, -0.05) is 54.7 Å². The van der Waals surface area contributed by atoms with Crippen LogP contribution in [0.3, 0.4) is 0 Å². The maximum atomic E-state index is 12.5. The van der Waals surface area contributed by atoms with Crippen LogP contribution in [0.2, 0.25) is 0 Å². The van der Waals surface area contributed by atoms with Gasteiger partial charge >= 0.3 is 0 Å². The van der Waals surface area contributed by atoms with Crippen LogP contribution in [-0.4, -0.2) is 34.6 Å². The molecule has 3 rings (SSSR count). The van der Waals surface area contributed by atoms with Gasteiger partial charge in [0.15, 0.2) is 5.11 Å². The molecule has 0 bridgehead atoms. The standard InChI is InChI=1S/C21H18N2O2S2/c1-3-11-23-20(26)18(19(24)22-21(23)27)13-15-7-4-5-10-17(15)14-8-6-9-16(12-14)25-2/h3-10,12-13H,1,11H2,2H3,(H,22,24,27)/b18-13+. The fraction of sp³-hybridized carbons (Fsp3) is 0.0952. The normalized spacial score (nSPS) is 15.7. The van der Waals surface area contributed by atoms with Crippen LogP contribution in [0.1, 0.15) is 5.56 Å². The van der Waals surface area contributed by atoms with Gasteiger partial charge in [-0.25, -0.2) is 0 Å². The molecule has 1 amide bonds. The molecule has 0 saturated carbocycles. The Bertz CT molecular complexity index is 966. The van der Waals surface area contributed by atoms with E-state index in [4.69, 9.17) is 29.2 Å². The minimum Gasteiger partial charge on any atom is -0.497 e. The lowest BCUT2D eigenvalue weighted by atomic mass is 9.97. The summed E-state index contributed by atoms with van der Waals surface area (Å²) >= 11 is 10.7. The van der Waals surface area contributed by atoms with Gasteiger partial charge in [0.25, 0.3) is 5.91 Å². The molecule has 0 aromatic heterocycles. The first-order valence-corrected chi connectivity index (χ1v) is 9.10. The average molecular weight is 395 g/mol. The fourth-order valence-electron chi connectivity index (χ4n) is 2.82. The third kappa shape index (κ3) is 3.97. The summed E-state index contributed by atoms with van der Waals surface area (Å²) < 4.78 is 5.32. The van der Waals surface area contributed by atoms with Gasteiger partial charge in [-0.05, 0) is 47.1 Å². The van der Waals surface area contributed by atoms with Gasteiger partial charge in [0.2, 0.25) is 0 Å². The van der Waals surface area contributed by atoms with Crippen molar-refractivity contribution in [3.8, 4) is 16.9 Å². The summed E-state index contributed by atoms with van der Waals surface area (Å²) in [5.74, 6) is 0.467. The molecule has 0 spiro atoms. The van der Waals surface area contributed by atoms with Crippen molar-refractivity contribution in [2.45, 2.75) is 0 Å². The Kier molecular flexibility index (Phi) is 5.78. The van der Waals surface area contributed by atoms with Crippen LogP contribution in [0.4, 0.5) is 0 Å². The molecule has 1 aliphatic heterocycles. The summed E-state index contributed by atoms with van der Waals surface area (Å²) in [5, 5.41) is 2.98. The molecule has 2 aromatic carbocycles. The summed E-state index contributed by atoms with van der Waals surface area (Å²) in [6, 6.07) is 15.6. The van der Waals surface area contributed by atoms with Crippen molar-refractivity contribution in [3.63, 3.8) is 0 Å². The molecule has 0 aliphatic carbocycles. The van der Waals surface area contributed by atoms with Crippen molar-refractivity contribution in [2.75, 3.05) is 13.7 Å². The summed E-state index contributed by atoms with van der Waals surface area (Å²) in [6.07, 6.45) is 3.49. The molecule has 1 saturated heterocycles. The predicted molar refractivity (Wildman–Crippen MR) is 117 cm³/mol. The molecule has 1 heterocycles. The summed E-state index contributed by atoms with van der Waals surface area (Å²) in [6.45, 7) is 4.15. The van der Waals surface area contributed by atoms with Crippen LogP contribution in [0.5, 0.6) is 5.75 Å². The zero-order chi connectivity index (χ0) is 19.4. The largest absolute Gasteiger partial charge is 0.497 e. The Morgan fingerprint density at radius 1 is 1.19 bits per heavy atom. The Balaban J connectivity index is 2.06. The van der Waals surface area contributed by atoms with Gasteiger partial charge in [0.05, 0.1) is 12.7 Å². The third-order valence-electron chi connectivity index (χ3n) is 4.14. The number of thiocarbonyl (C=S) groups is 2. The topological polar surface area (TPSA) is 41.6 Å². The van der Waals surface area contributed by atoms with Crippen LogP contribution in [-0.2, 0) is 4.79 Å². The molecule has 6 heteroatoms. The summed E-state index contributed by atoms with van der Waals surface area (Å²) in [4.78, 5) is 14.6. The van der Waals surface area contributed by atoms with E-state index in [1.165, 1.54) is 0 Å². The van der Waals surface area contributed by atoms with Crippen molar-refractivity contribution >= 4 is 46.5 Å². The lowest BCUT2D eigenvalue weighted by molar-refractivity contribution is -0.115. The zero-order valence-corrected chi connectivity index (χ0v) is 16.4. The van der Waals surface area contributed by atoms with E-state index < -0.39 is 0 Å². The molecule has 27 heavy (non-hydrogen) atoms. The monoisotopic (exact) mass is 394 g/mol. The molecule has 1 fully saturated rings. The minimum atomic E-state index is -0.300. The molecule has 2 aromatic rings. The number of ether oxygens (including phenoxy) is 1. The Labute approximate surface area is 169 Å². The van der Waals surface area contributed by atoms with E-state index in [9.17, 15) is 4.79 Å². The predicted octanol–water partition coefficient (Wildman–Crippen LogP) is 3.98. The van der Waals surface area contributed by atoms with Crippen LogP contribution >= 0.6 is 24.4 Å². The maximum Gasteiger partial charge on any atom is 0.260 e. The number of hydrogen-bond donors (Lipinski definition) is 1. The quantitative estimate of drug-likeness (QED) is 0.472. The number of benzene rings is 2. The van der Waals surface area contributed by atoms with Crippen molar-refractivity contribution in [2.24, 2.45) is 0 Å². The second-order valence-electron chi connectivity index (χ2n) is 5.84. The SMILES string of the molecule is C=CCN1C(=S)NC(=O)/C(=C\c2ccccc2-c2cccc(OC)c2)C1=S. The van der Waals surface area contributed by atoms with Crippen molar-refractivity contribution in [1.29, 1.82) is 0 Å². The van der Waals surface area contributed by atoms with Gasteiger partial charge in [0, 0.05) is 6.54 Å². The van der Waals surface area contributed by atoms with E-state index >= 15 is 0 Å². The lowest BCUT2D eigenvalue weighted by Gasteiger charge is -2.30. The van der Waals surface area contributed by atoms with Gasteiger partial charge in [0.1, 0.15) is 10.7 Å². The number of hydrogen-bond acceptors (Lipinski definition) is 4. The number of rotatable bonds is 5. The van der Waals surface area contributed by atoms with E-state index in [2.05, 4.69) is 11.9 Å². The highest BCUT2D eigenvalue weighted by Gasteiger charge is 2.29. The number of carbonyl (C=O) groups excluding carboxylic acids is 1. The van der Waals surface area contributed by atoms with E-state index in [0.717, 1.165) is 22.4 Å². The molecule has 136 valence electrons. The molecule has 0 unspecified atom stereocenters. The van der Waals surface area contributed by atoms with Gasteiger partial charge in [-0.3, -0.25) is 10.1 Å². The van der Waals surface area contributed by atoms with Crippen molar-refractivity contribution in [3.05, 3.63) is 72.3 Å². The first kappa shape index (κ1) is 18.9. The highest BCUT2D eigenvalue weighted by Crippen LogP contribution is 2.29. The number of methoxy groups -OCH3 is 1. The number of nitrogens with zero attached hydrogens (tertiary/aromatic N) is 1. The molecule has 0 atom stereocenters. The maximum absolute atomic E-state index is 12.5. The molecule has 1 aliphatic rings. The van der Waals surface area contributed by atoms with Gasteiger partial charge in [-0.15, -0.1) is 6.58 Å². The molecule has 1 N–H and O–H groups in total. The summed E-state index contributed by atoms with van der Waals surface area (Å²) in [5.41, 5.74) is 3.24. The highest BCUT2D eigenvalue weighted by molar-refractivity contribution is 7.82. The number of amides is 1. The minimum absolute atomic E-state index is 0.295. The second kappa shape index (κ2) is 8.24. The summed E-state index contributed by atoms with van der Waals surface area (Å²) in [7, 11) is 1.63. The van der Waals surface area contributed by atoms with E-state index in [1.54, 1.807) is 24.2 Å². The van der Waals surface area contributed by atoms with E-state index in [0.29, 0.717) is 22.2 Å². The smallest absolute Gasteiger partial charge is 0.260 e. The Morgan fingerprint density at radius 3 is 2.70 bits per heavy atom. The zero-order valence-electron chi connectivity index (χ0n) is 14.8. The van der Waals surface area contributed by atoms with Gasteiger partial charge in [-0.2, -0.15) is 0 Å². The van der Waals surface area contributed by atoms with Crippen LogP contribution in [0.25, 0.3) is 17.2 Å². The Morgan fingerprint density at radius 2 is 1.96 bits per heavy atom.